The maximum Gasteiger partial charge on any atom is 0.146 e. The van der Waals surface area contributed by atoms with Crippen LogP contribution in [-0.4, -0.2) is 64.4 Å². The van der Waals surface area contributed by atoms with Gasteiger partial charge in [0.05, 0.1) is 0 Å². The smallest absolute Gasteiger partial charge is 0.146 e. The molecule has 1 rings (SSSR count). The number of hydrogen-bond acceptors (Lipinski definition) is 4. The molecule has 1 aliphatic heterocycles. The monoisotopic (exact) mass is 200 g/mol. The second-order valence-corrected chi connectivity index (χ2v) is 3.93. The van der Waals surface area contributed by atoms with Gasteiger partial charge >= 0.3 is 0 Å². The third kappa shape index (κ3) is 5.41. The standard InChI is InChI=1S/C5H11N3S2.Na/c6-5(9)10-8-3-1-7-2-4-8;/h7H,1-4H2,(H2,6,9);. The number of nitrogens with two attached hydrogens (primary N) is 1. The zero-order valence-corrected chi connectivity index (χ0v) is 10.3. The van der Waals surface area contributed by atoms with Crippen LogP contribution in [0.4, 0.5) is 0 Å². The van der Waals surface area contributed by atoms with Crippen molar-refractivity contribution in [1.29, 1.82) is 0 Å². The molecule has 1 fully saturated rings. The summed E-state index contributed by atoms with van der Waals surface area (Å²) >= 11 is 6.23. The minimum atomic E-state index is 0. The zero-order chi connectivity index (χ0) is 7.40. The Kier molecular flexibility index (Phi) is 7.35. The summed E-state index contributed by atoms with van der Waals surface area (Å²) in [6.45, 7) is 4.13. The van der Waals surface area contributed by atoms with Crippen molar-refractivity contribution in [3.63, 3.8) is 0 Å². The predicted octanol–water partition coefficient (Wildman–Crippen LogP) is -0.597. The molecule has 0 spiro atoms. The molecule has 11 heavy (non-hydrogen) atoms. The van der Waals surface area contributed by atoms with Crippen LogP contribution in [0.1, 0.15) is 0 Å². The van der Waals surface area contributed by atoms with Crippen molar-refractivity contribution in [3.05, 3.63) is 0 Å². The van der Waals surface area contributed by atoms with Crippen molar-refractivity contribution in [2.45, 2.75) is 0 Å². The van der Waals surface area contributed by atoms with Gasteiger partial charge in [-0.3, -0.25) is 0 Å². The molecular formula is C5H11N3NaS2. The molecule has 0 aromatic heterocycles. The number of thiocarbonyl (C=S) groups is 1. The van der Waals surface area contributed by atoms with Gasteiger partial charge in [0.1, 0.15) is 4.32 Å². The van der Waals surface area contributed by atoms with Crippen LogP contribution in [0.25, 0.3) is 0 Å². The molecule has 6 heteroatoms. The number of nitrogens with zero attached hydrogens (tertiary/aromatic N) is 1. The van der Waals surface area contributed by atoms with Crippen LogP contribution < -0.4 is 11.1 Å². The van der Waals surface area contributed by atoms with E-state index >= 15 is 0 Å². The van der Waals surface area contributed by atoms with Crippen LogP contribution in [0.3, 0.4) is 0 Å². The van der Waals surface area contributed by atoms with Crippen molar-refractivity contribution in [3.8, 4) is 0 Å². The Labute approximate surface area is 98.9 Å². The zero-order valence-electron chi connectivity index (χ0n) is 6.67. The van der Waals surface area contributed by atoms with Gasteiger partial charge in [0.2, 0.25) is 0 Å². The van der Waals surface area contributed by atoms with E-state index in [2.05, 4.69) is 9.62 Å². The molecular weight excluding hydrogens is 189 g/mol. The van der Waals surface area contributed by atoms with E-state index in [4.69, 9.17) is 18.0 Å². The first-order valence-corrected chi connectivity index (χ1v) is 4.40. The van der Waals surface area contributed by atoms with Crippen LogP contribution in [0.2, 0.25) is 0 Å². The molecule has 1 saturated heterocycles. The summed E-state index contributed by atoms with van der Waals surface area (Å²) in [6.07, 6.45) is 0. The third-order valence-corrected chi connectivity index (χ3v) is 2.32. The molecule has 0 atom stereocenters. The van der Waals surface area contributed by atoms with Gasteiger partial charge in [0.25, 0.3) is 0 Å². The van der Waals surface area contributed by atoms with E-state index < -0.39 is 0 Å². The van der Waals surface area contributed by atoms with Gasteiger partial charge in [0.15, 0.2) is 0 Å². The Morgan fingerprint density at radius 2 is 2.00 bits per heavy atom. The summed E-state index contributed by atoms with van der Waals surface area (Å²) in [4.78, 5) is 0. The quantitative estimate of drug-likeness (QED) is 0.336. The summed E-state index contributed by atoms with van der Waals surface area (Å²) in [7, 11) is 0. The fraction of sp³-hybridized carbons (Fsp3) is 0.800. The minimum Gasteiger partial charge on any atom is -0.384 e. The molecule has 1 radical (unpaired) electrons. The van der Waals surface area contributed by atoms with Crippen LogP contribution >= 0.6 is 24.2 Å². The van der Waals surface area contributed by atoms with E-state index in [-0.39, 0.29) is 29.6 Å². The largest absolute Gasteiger partial charge is 0.384 e. The first-order chi connectivity index (χ1) is 4.79. The normalized spacial score (nSPS) is 18.9. The SMILES string of the molecule is NC(=S)SN1CCNCC1.[Na]. The molecule has 3 nitrogen and oxygen atoms in total. The fourth-order valence-corrected chi connectivity index (χ4v) is 1.80. The van der Waals surface area contributed by atoms with Crippen LogP contribution in [0.15, 0.2) is 0 Å². The van der Waals surface area contributed by atoms with Crippen molar-refractivity contribution >= 4 is 58.0 Å². The van der Waals surface area contributed by atoms with E-state index in [0.29, 0.717) is 4.32 Å². The number of piperazine rings is 1. The Hall–Kier alpha value is 1.16. The van der Waals surface area contributed by atoms with Crippen LogP contribution in [0, 0.1) is 0 Å². The molecule has 0 aliphatic carbocycles. The van der Waals surface area contributed by atoms with Crippen molar-refractivity contribution < 1.29 is 0 Å². The van der Waals surface area contributed by atoms with Crippen molar-refractivity contribution in [1.82, 2.24) is 9.62 Å². The first-order valence-electron chi connectivity index (χ1n) is 3.22. The Balaban J connectivity index is 0.000001000. The van der Waals surface area contributed by atoms with E-state index in [0.717, 1.165) is 26.2 Å². The molecule has 1 aliphatic rings. The summed E-state index contributed by atoms with van der Waals surface area (Å²) < 4.78 is 2.70. The number of nitrogens with one attached hydrogen (secondary N) is 1. The molecule has 0 unspecified atom stereocenters. The van der Waals surface area contributed by atoms with E-state index in [1.807, 2.05) is 0 Å². The maximum absolute atomic E-state index is 5.36. The molecule has 59 valence electrons. The van der Waals surface area contributed by atoms with Gasteiger partial charge in [-0.2, -0.15) is 0 Å². The average Bonchev–Trinajstić information content (AvgIpc) is 1.88. The van der Waals surface area contributed by atoms with Crippen LogP contribution in [-0.2, 0) is 0 Å². The summed E-state index contributed by atoms with van der Waals surface area (Å²) in [5.41, 5.74) is 5.36. The Bertz CT molecular complexity index is 127. The van der Waals surface area contributed by atoms with Crippen LogP contribution in [0.5, 0.6) is 0 Å². The number of hydrogen-bond donors (Lipinski definition) is 2. The summed E-state index contributed by atoms with van der Waals surface area (Å²) in [5.74, 6) is 0. The van der Waals surface area contributed by atoms with Gasteiger partial charge in [-0.25, -0.2) is 4.31 Å². The molecule has 0 aromatic carbocycles. The van der Waals surface area contributed by atoms with E-state index in [9.17, 15) is 0 Å². The fourth-order valence-electron chi connectivity index (χ4n) is 0.863. The Morgan fingerprint density at radius 3 is 2.45 bits per heavy atom. The van der Waals surface area contributed by atoms with Gasteiger partial charge in [-0.15, -0.1) is 0 Å². The third-order valence-electron chi connectivity index (χ3n) is 1.30. The maximum atomic E-state index is 5.36. The molecule has 0 amide bonds. The average molecular weight is 200 g/mol. The van der Waals surface area contributed by atoms with Gasteiger partial charge in [-0.1, -0.05) is 12.2 Å². The van der Waals surface area contributed by atoms with Gasteiger partial charge < -0.3 is 11.1 Å². The van der Waals surface area contributed by atoms with Crippen molar-refractivity contribution in [2.24, 2.45) is 5.73 Å². The van der Waals surface area contributed by atoms with E-state index in [1.54, 1.807) is 0 Å². The van der Waals surface area contributed by atoms with Crippen molar-refractivity contribution in [2.75, 3.05) is 26.2 Å². The van der Waals surface area contributed by atoms with Gasteiger partial charge in [0, 0.05) is 55.7 Å². The molecule has 3 N–H and O–H groups in total. The molecule has 0 aromatic rings. The topological polar surface area (TPSA) is 41.3 Å². The predicted molar refractivity (Wildman–Crippen MR) is 54.6 cm³/mol. The summed E-state index contributed by atoms with van der Waals surface area (Å²) in [6, 6.07) is 0. The van der Waals surface area contributed by atoms with E-state index in [1.165, 1.54) is 11.9 Å². The summed E-state index contributed by atoms with van der Waals surface area (Å²) in [5, 5.41) is 3.25. The first kappa shape index (κ1) is 12.2. The number of rotatable bonds is 1. The second kappa shape index (κ2) is 6.65. The van der Waals surface area contributed by atoms with Gasteiger partial charge in [-0.05, 0) is 11.9 Å². The minimum absolute atomic E-state index is 0. The molecule has 0 saturated carbocycles. The molecule has 1 heterocycles. The Morgan fingerprint density at radius 1 is 1.45 bits per heavy atom. The molecule has 0 bridgehead atoms. The second-order valence-electron chi connectivity index (χ2n) is 2.09.